The van der Waals surface area contributed by atoms with E-state index in [4.69, 9.17) is 21.1 Å². The lowest BCUT2D eigenvalue weighted by molar-refractivity contribution is -0.159. The third kappa shape index (κ3) is 5.94. The number of rotatable bonds is 6. The predicted octanol–water partition coefficient (Wildman–Crippen LogP) is 2.27. The lowest BCUT2D eigenvalue weighted by Gasteiger charge is -2.35. The van der Waals surface area contributed by atoms with E-state index in [1.54, 1.807) is 43.0 Å². The molecule has 1 aromatic carbocycles. The van der Waals surface area contributed by atoms with Gasteiger partial charge in [-0.2, -0.15) is 0 Å². The van der Waals surface area contributed by atoms with Crippen molar-refractivity contribution in [2.75, 3.05) is 19.7 Å². The van der Waals surface area contributed by atoms with Crippen molar-refractivity contribution in [3.63, 3.8) is 0 Å². The molecule has 8 heteroatoms. The smallest absolute Gasteiger partial charge is 0.329 e. The molecule has 1 fully saturated rings. The topological polar surface area (TPSA) is 84.9 Å². The fourth-order valence-electron chi connectivity index (χ4n) is 3.06. The van der Waals surface area contributed by atoms with Crippen LogP contribution in [0, 0.1) is 5.92 Å². The maximum absolute atomic E-state index is 12.5. The van der Waals surface area contributed by atoms with Gasteiger partial charge < -0.3 is 19.7 Å². The van der Waals surface area contributed by atoms with Crippen LogP contribution in [-0.4, -0.2) is 60.6 Å². The van der Waals surface area contributed by atoms with Gasteiger partial charge in [0.15, 0.2) is 6.61 Å². The number of esters is 1. The summed E-state index contributed by atoms with van der Waals surface area (Å²) >= 11 is 6.04. The number of carbonyl (C=O) groups is 3. The zero-order valence-electron chi connectivity index (χ0n) is 16.6. The van der Waals surface area contributed by atoms with Crippen LogP contribution in [-0.2, 0) is 19.1 Å². The Kier molecular flexibility index (Phi) is 7.83. The van der Waals surface area contributed by atoms with Gasteiger partial charge in [-0.1, -0.05) is 37.6 Å². The molecule has 0 spiro atoms. The Bertz CT molecular complexity index is 714. The first-order chi connectivity index (χ1) is 13.2. The van der Waals surface area contributed by atoms with E-state index in [0.29, 0.717) is 18.1 Å². The van der Waals surface area contributed by atoms with Gasteiger partial charge in [0.25, 0.3) is 11.8 Å². The third-order valence-electron chi connectivity index (χ3n) is 4.44. The molecule has 0 unspecified atom stereocenters. The highest BCUT2D eigenvalue weighted by Gasteiger charge is 2.30. The average molecular weight is 411 g/mol. The Labute approximate surface area is 170 Å². The average Bonchev–Trinajstić information content (AvgIpc) is 2.63. The van der Waals surface area contributed by atoms with Crippen molar-refractivity contribution >= 4 is 29.4 Å². The fourth-order valence-corrected chi connectivity index (χ4v) is 3.28. The molecule has 0 bridgehead atoms. The molecule has 2 rings (SSSR count). The first kappa shape index (κ1) is 22.2. The highest BCUT2D eigenvalue weighted by Crippen LogP contribution is 2.16. The van der Waals surface area contributed by atoms with Crippen LogP contribution in [0.15, 0.2) is 24.3 Å². The van der Waals surface area contributed by atoms with E-state index in [-0.39, 0.29) is 36.2 Å². The first-order valence-corrected chi connectivity index (χ1v) is 9.72. The Balaban J connectivity index is 1.94. The van der Waals surface area contributed by atoms with E-state index in [1.165, 1.54) is 0 Å². The van der Waals surface area contributed by atoms with E-state index in [2.05, 4.69) is 5.32 Å². The van der Waals surface area contributed by atoms with Crippen LogP contribution in [0.1, 0.15) is 38.1 Å². The van der Waals surface area contributed by atoms with E-state index >= 15 is 0 Å². The van der Waals surface area contributed by atoms with Gasteiger partial charge in [0, 0.05) is 13.1 Å². The Morgan fingerprint density at radius 1 is 1.21 bits per heavy atom. The third-order valence-corrected chi connectivity index (χ3v) is 4.77. The van der Waals surface area contributed by atoms with E-state index in [1.807, 2.05) is 13.8 Å². The highest BCUT2D eigenvalue weighted by atomic mass is 35.5. The van der Waals surface area contributed by atoms with Crippen LogP contribution in [0.2, 0.25) is 5.02 Å². The second-order valence-corrected chi connectivity index (χ2v) is 7.75. The zero-order valence-corrected chi connectivity index (χ0v) is 17.4. The number of benzene rings is 1. The van der Waals surface area contributed by atoms with Crippen LogP contribution in [0.5, 0.6) is 0 Å². The van der Waals surface area contributed by atoms with Gasteiger partial charge in [-0.25, -0.2) is 4.79 Å². The van der Waals surface area contributed by atoms with Gasteiger partial charge in [-0.3, -0.25) is 9.59 Å². The molecule has 2 amide bonds. The van der Waals surface area contributed by atoms with Crippen LogP contribution in [0.25, 0.3) is 0 Å². The van der Waals surface area contributed by atoms with Crippen molar-refractivity contribution in [2.45, 2.75) is 45.9 Å². The Hall–Kier alpha value is -2.12. The quantitative estimate of drug-likeness (QED) is 0.727. The summed E-state index contributed by atoms with van der Waals surface area (Å²) in [6.07, 6.45) is -0.136. The number of hydrogen-bond donors (Lipinski definition) is 1. The molecular formula is C20H27ClN2O5. The van der Waals surface area contributed by atoms with Gasteiger partial charge in [0.05, 0.1) is 22.8 Å². The largest absolute Gasteiger partial charge is 0.454 e. The minimum absolute atomic E-state index is 0.0678. The van der Waals surface area contributed by atoms with Crippen LogP contribution in [0.3, 0.4) is 0 Å². The molecule has 0 aromatic heterocycles. The number of carbonyl (C=O) groups excluding carboxylic acids is 3. The summed E-state index contributed by atoms with van der Waals surface area (Å²) in [5.74, 6) is -1.63. The van der Waals surface area contributed by atoms with Crippen molar-refractivity contribution in [3.8, 4) is 0 Å². The molecule has 28 heavy (non-hydrogen) atoms. The summed E-state index contributed by atoms with van der Waals surface area (Å²) in [4.78, 5) is 38.9. The van der Waals surface area contributed by atoms with Gasteiger partial charge in [-0.05, 0) is 31.9 Å². The molecule has 7 nitrogen and oxygen atoms in total. The number of morpholine rings is 1. The molecule has 1 heterocycles. The minimum atomic E-state index is -0.890. The highest BCUT2D eigenvalue weighted by molar-refractivity contribution is 6.33. The monoisotopic (exact) mass is 410 g/mol. The Morgan fingerprint density at radius 2 is 1.82 bits per heavy atom. The van der Waals surface area contributed by atoms with Gasteiger partial charge in [0.1, 0.15) is 6.04 Å². The van der Waals surface area contributed by atoms with E-state index < -0.39 is 17.9 Å². The number of hydrogen-bond acceptors (Lipinski definition) is 5. The summed E-state index contributed by atoms with van der Waals surface area (Å²) in [6, 6.07) is 5.69. The van der Waals surface area contributed by atoms with Gasteiger partial charge in [0.2, 0.25) is 0 Å². The summed E-state index contributed by atoms with van der Waals surface area (Å²) in [5.41, 5.74) is 0.273. The zero-order chi connectivity index (χ0) is 20.8. The van der Waals surface area contributed by atoms with E-state index in [0.717, 1.165) is 0 Å². The molecule has 1 aromatic rings. The number of ether oxygens (including phenoxy) is 2. The minimum Gasteiger partial charge on any atom is -0.454 e. The summed E-state index contributed by atoms with van der Waals surface area (Å²) in [5, 5.41) is 2.94. The molecule has 1 aliphatic rings. The molecule has 1 aliphatic heterocycles. The molecule has 0 saturated carbocycles. The molecular weight excluding hydrogens is 384 g/mol. The van der Waals surface area contributed by atoms with Crippen molar-refractivity contribution in [2.24, 2.45) is 5.92 Å². The van der Waals surface area contributed by atoms with Crippen LogP contribution in [0.4, 0.5) is 0 Å². The number of halogens is 1. The standard InChI is InChI=1S/C20H27ClN2O5/c1-12(2)18(22-19(25)15-7-5-6-8-16(15)21)20(26)27-11-17(24)23-9-13(3)28-14(4)10-23/h5-8,12-14,18H,9-11H2,1-4H3,(H,22,25)/t13-,14-,18+/m1/s1. The summed E-state index contributed by atoms with van der Waals surface area (Å²) < 4.78 is 10.8. The lowest BCUT2D eigenvalue weighted by atomic mass is 10.0. The maximum Gasteiger partial charge on any atom is 0.329 e. The normalized spacial score (nSPS) is 20.6. The summed E-state index contributed by atoms with van der Waals surface area (Å²) in [7, 11) is 0. The lowest BCUT2D eigenvalue weighted by Crippen LogP contribution is -2.50. The van der Waals surface area contributed by atoms with Crippen molar-refractivity contribution in [1.29, 1.82) is 0 Å². The Morgan fingerprint density at radius 3 is 2.39 bits per heavy atom. The van der Waals surface area contributed by atoms with Crippen LogP contribution >= 0.6 is 11.6 Å². The SMILES string of the molecule is CC(C)[C@H](NC(=O)c1ccccc1Cl)C(=O)OCC(=O)N1C[C@@H](C)O[C@H](C)C1. The second-order valence-electron chi connectivity index (χ2n) is 7.34. The number of amides is 2. The summed E-state index contributed by atoms with van der Waals surface area (Å²) in [6.45, 7) is 7.89. The van der Waals surface area contributed by atoms with Crippen molar-refractivity contribution in [3.05, 3.63) is 34.9 Å². The van der Waals surface area contributed by atoms with Gasteiger partial charge in [-0.15, -0.1) is 0 Å². The first-order valence-electron chi connectivity index (χ1n) is 9.34. The fraction of sp³-hybridized carbons (Fsp3) is 0.550. The van der Waals surface area contributed by atoms with Crippen molar-refractivity contribution < 1.29 is 23.9 Å². The molecule has 0 radical (unpaired) electrons. The predicted molar refractivity (Wildman–Crippen MR) is 105 cm³/mol. The molecule has 1 saturated heterocycles. The number of nitrogens with one attached hydrogen (secondary N) is 1. The van der Waals surface area contributed by atoms with Gasteiger partial charge >= 0.3 is 5.97 Å². The second kappa shape index (κ2) is 9.89. The molecule has 0 aliphatic carbocycles. The molecule has 3 atom stereocenters. The maximum atomic E-state index is 12.5. The number of nitrogens with zero attached hydrogens (tertiary/aromatic N) is 1. The van der Waals surface area contributed by atoms with Crippen LogP contribution < -0.4 is 5.32 Å². The molecule has 1 N–H and O–H groups in total. The molecule has 154 valence electrons. The van der Waals surface area contributed by atoms with Crippen molar-refractivity contribution in [1.82, 2.24) is 10.2 Å². The van der Waals surface area contributed by atoms with E-state index in [9.17, 15) is 14.4 Å².